The van der Waals surface area contributed by atoms with E-state index in [1.54, 1.807) is 11.8 Å². The molecule has 0 bridgehead atoms. The van der Waals surface area contributed by atoms with E-state index in [-0.39, 0.29) is 5.91 Å². The van der Waals surface area contributed by atoms with Crippen molar-refractivity contribution in [2.24, 2.45) is 0 Å². The first-order valence-electron chi connectivity index (χ1n) is 17.4. The molecule has 0 atom stereocenters. The van der Waals surface area contributed by atoms with Crippen molar-refractivity contribution in [2.45, 2.75) is 85.3 Å². The number of nitrogens with one attached hydrogen (secondary N) is 1. The molecule has 10 heteroatoms. The number of rotatable bonds is 9. The minimum Gasteiger partial charge on any atom is -0.369 e. The standard InChI is InChI=1S/C38H43F3N4O2S/c39-38(40,41)26-42-36(47)37(31-12-4-6-14-33(31)48-34-15-7-5-13-32(34)37)18-8-9-19-43-20-22-44(23-21-43)29-17-16-27-25-45(35(46)30(27)24-29)28-10-2-1-3-11-28/h4-7,12-17,24,28H,1-3,8-11,18-23,25-26H2,(H,42,47). The number of hydrogen-bond donors (Lipinski definition) is 1. The van der Waals surface area contributed by atoms with Crippen LogP contribution in [0.2, 0.25) is 0 Å². The van der Waals surface area contributed by atoms with Gasteiger partial charge in [-0.2, -0.15) is 13.2 Å². The van der Waals surface area contributed by atoms with E-state index in [9.17, 15) is 22.8 Å². The Hall–Kier alpha value is -3.50. The molecule has 1 saturated heterocycles. The van der Waals surface area contributed by atoms with Gasteiger partial charge in [-0.1, -0.05) is 79.9 Å². The van der Waals surface area contributed by atoms with Crippen LogP contribution in [0, 0.1) is 0 Å². The van der Waals surface area contributed by atoms with Crippen molar-refractivity contribution in [3.63, 3.8) is 0 Å². The fourth-order valence-electron chi connectivity index (χ4n) is 8.19. The van der Waals surface area contributed by atoms with Crippen molar-refractivity contribution in [1.82, 2.24) is 15.1 Å². The van der Waals surface area contributed by atoms with Gasteiger partial charge in [-0.05, 0) is 73.2 Å². The Morgan fingerprint density at radius 2 is 1.54 bits per heavy atom. The number of benzene rings is 3. The highest BCUT2D eigenvalue weighted by atomic mass is 32.2. The molecule has 1 saturated carbocycles. The predicted octanol–water partition coefficient (Wildman–Crippen LogP) is 7.40. The third-order valence-electron chi connectivity index (χ3n) is 10.7. The number of hydrogen-bond acceptors (Lipinski definition) is 5. The summed E-state index contributed by atoms with van der Waals surface area (Å²) in [5, 5.41) is 2.25. The van der Waals surface area contributed by atoms with Gasteiger partial charge in [-0.15, -0.1) is 0 Å². The molecule has 3 aromatic carbocycles. The molecule has 1 aliphatic carbocycles. The molecule has 4 aliphatic rings. The molecule has 254 valence electrons. The molecule has 6 nitrogen and oxygen atoms in total. The van der Waals surface area contributed by atoms with Gasteiger partial charge < -0.3 is 15.1 Å². The van der Waals surface area contributed by atoms with E-state index in [4.69, 9.17) is 0 Å². The Balaban J connectivity index is 0.982. The Labute approximate surface area is 285 Å². The van der Waals surface area contributed by atoms with Crippen LogP contribution < -0.4 is 10.2 Å². The minimum absolute atomic E-state index is 0.184. The van der Waals surface area contributed by atoms with Crippen molar-refractivity contribution in [3.05, 3.63) is 89.0 Å². The van der Waals surface area contributed by atoms with Crippen LogP contribution in [0.5, 0.6) is 0 Å². The van der Waals surface area contributed by atoms with Crippen LogP contribution in [-0.4, -0.2) is 73.1 Å². The molecule has 2 amide bonds. The second kappa shape index (κ2) is 13.8. The first-order chi connectivity index (χ1) is 23.2. The van der Waals surface area contributed by atoms with Crippen LogP contribution >= 0.6 is 11.8 Å². The monoisotopic (exact) mass is 676 g/mol. The predicted molar refractivity (Wildman–Crippen MR) is 183 cm³/mol. The average Bonchev–Trinajstić information content (AvgIpc) is 3.44. The molecular formula is C38H43F3N4O2S. The molecule has 0 radical (unpaired) electrons. The summed E-state index contributed by atoms with van der Waals surface area (Å²) < 4.78 is 39.8. The molecule has 1 N–H and O–H groups in total. The fraction of sp³-hybridized carbons (Fsp3) is 0.474. The smallest absolute Gasteiger partial charge is 0.369 e. The molecule has 0 unspecified atom stereocenters. The molecule has 48 heavy (non-hydrogen) atoms. The summed E-state index contributed by atoms with van der Waals surface area (Å²) in [4.78, 5) is 35.9. The lowest BCUT2D eigenvalue weighted by atomic mass is 9.69. The number of carbonyl (C=O) groups excluding carboxylic acids is 2. The molecule has 0 spiro atoms. The van der Waals surface area contributed by atoms with E-state index < -0.39 is 24.0 Å². The van der Waals surface area contributed by atoms with Gasteiger partial charge >= 0.3 is 6.18 Å². The number of nitrogens with zero attached hydrogens (tertiary/aromatic N) is 3. The molecular weight excluding hydrogens is 634 g/mol. The van der Waals surface area contributed by atoms with E-state index in [1.165, 1.54) is 19.3 Å². The SMILES string of the molecule is O=C1c2cc(N3CCN(CCCCC4(C(=O)NCC(F)(F)F)c5ccccc5Sc5ccccc54)CC3)ccc2CN1C1CCCCC1. The zero-order valence-electron chi connectivity index (χ0n) is 27.2. The third-order valence-corrected chi connectivity index (χ3v) is 11.9. The van der Waals surface area contributed by atoms with Crippen LogP contribution in [-0.2, 0) is 16.8 Å². The Morgan fingerprint density at radius 3 is 2.21 bits per heavy atom. The van der Waals surface area contributed by atoms with Gasteiger partial charge in [0.05, 0.1) is 0 Å². The number of halogens is 3. The van der Waals surface area contributed by atoms with E-state index >= 15 is 0 Å². The van der Waals surface area contributed by atoms with Crippen molar-refractivity contribution in [3.8, 4) is 0 Å². The highest BCUT2D eigenvalue weighted by molar-refractivity contribution is 7.99. The largest absolute Gasteiger partial charge is 0.405 e. The Bertz CT molecular complexity index is 1600. The lowest BCUT2D eigenvalue weighted by Crippen LogP contribution is -2.49. The molecule has 2 fully saturated rings. The van der Waals surface area contributed by atoms with Gasteiger partial charge in [0.2, 0.25) is 5.91 Å². The van der Waals surface area contributed by atoms with Crippen LogP contribution in [0.1, 0.15) is 78.4 Å². The number of amides is 2. The maximum Gasteiger partial charge on any atom is 0.405 e. The normalized spacial score (nSPS) is 19.5. The van der Waals surface area contributed by atoms with Gasteiger partial charge in [0.25, 0.3) is 5.91 Å². The highest BCUT2D eigenvalue weighted by Gasteiger charge is 2.47. The van der Waals surface area contributed by atoms with Gasteiger partial charge in [0.15, 0.2) is 0 Å². The zero-order valence-corrected chi connectivity index (χ0v) is 28.1. The quantitative estimate of drug-likeness (QED) is 0.240. The molecule has 0 aromatic heterocycles. The zero-order chi connectivity index (χ0) is 33.3. The Kier molecular flexibility index (Phi) is 9.48. The van der Waals surface area contributed by atoms with Gasteiger partial charge in [-0.3, -0.25) is 14.5 Å². The first kappa shape index (κ1) is 33.0. The third kappa shape index (κ3) is 6.58. The maximum absolute atomic E-state index is 13.9. The minimum atomic E-state index is -4.49. The fourth-order valence-corrected chi connectivity index (χ4v) is 9.42. The average molecular weight is 677 g/mol. The van der Waals surface area contributed by atoms with Gasteiger partial charge in [0, 0.05) is 59.8 Å². The number of alkyl halides is 3. The molecule has 3 heterocycles. The van der Waals surface area contributed by atoms with Crippen LogP contribution in [0.25, 0.3) is 0 Å². The maximum atomic E-state index is 13.9. The van der Waals surface area contributed by atoms with E-state index in [0.29, 0.717) is 18.9 Å². The van der Waals surface area contributed by atoms with Crippen LogP contribution in [0.4, 0.5) is 18.9 Å². The second-order valence-electron chi connectivity index (χ2n) is 13.6. The van der Waals surface area contributed by atoms with Crippen molar-refractivity contribution < 1.29 is 22.8 Å². The van der Waals surface area contributed by atoms with Crippen LogP contribution in [0.3, 0.4) is 0 Å². The van der Waals surface area contributed by atoms with Crippen molar-refractivity contribution in [1.29, 1.82) is 0 Å². The van der Waals surface area contributed by atoms with E-state index in [2.05, 4.69) is 38.2 Å². The summed E-state index contributed by atoms with van der Waals surface area (Å²) in [6.07, 6.45) is 3.36. The van der Waals surface area contributed by atoms with Gasteiger partial charge in [-0.25, -0.2) is 0 Å². The first-order valence-corrected chi connectivity index (χ1v) is 18.2. The number of anilines is 1. The Morgan fingerprint density at radius 1 is 0.875 bits per heavy atom. The molecule has 3 aliphatic heterocycles. The van der Waals surface area contributed by atoms with E-state index in [1.807, 2.05) is 48.5 Å². The summed E-state index contributed by atoms with van der Waals surface area (Å²) >= 11 is 1.56. The summed E-state index contributed by atoms with van der Waals surface area (Å²) in [5.41, 5.74) is 3.46. The van der Waals surface area contributed by atoms with Crippen molar-refractivity contribution in [2.75, 3.05) is 44.2 Å². The second-order valence-corrected chi connectivity index (χ2v) is 14.7. The molecule has 3 aromatic rings. The van der Waals surface area contributed by atoms with E-state index in [0.717, 1.165) is 96.3 Å². The lowest BCUT2D eigenvalue weighted by Gasteiger charge is -2.40. The molecule has 7 rings (SSSR count). The lowest BCUT2D eigenvalue weighted by molar-refractivity contribution is -0.141. The summed E-state index contributed by atoms with van der Waals surface area (Å²) in [5.74, 6) is -0.410. The summed E-state index contributed by atoms with van der Waals surface area (Å²) in [7, 11) is 0. The summed E-state index contributed by atoms with van der Waals surface area (Å²) in [6.45, 7) is 3.73. The number of piperazine rings is 1. The van der Waals surface area contributed by atoms with Gasteiger partial charge in [0.1, 0.15) is 12.0 Å². The highest BCUT2D eigenvalue weighted by Crippen LogP contribution is 2.51. The van der Waals surface area contributed by atoms with Crippen molar-refractivity contribution >= 4 is 29.3 Å². The number of unbranched alkanes of at least 4 members (excludes halogenated alkanes) is 1. The number of carbonyl (C=O) groups is 2. The topological polar surface area (TPSA) is 55.9 Å². The number of fused-ring (bicyclic) bond motifs is 3. The van der Waals surface area contributed by atoms with Crippen LogP contribution in [0.15, 0.2) is 76.5 Å². The summed E-state index contributed by atoms with van der Waals surface area (Å²) in [6, 6.07) is 22.0.